The van der Waals surface area contributed by atoms with Gasteiger partial charge in [-0.25, -0.2) is 0 Å². The van der Waals surface area contributed by atoms with Gasteiger partial charge in [-0.3, -0.25) is 9.36 Å². The molecule has 2 N–H and O–H groups in total. The van der Waals surface area contributed by atoms with E-state index in [0.717, 1.165) is 44.9 Å². The lowest BCUT2D eigenvalue weighted by atomic mass is 10.0. The zero-order chi connectivity index (χ0) is 41.4. The lowest BCUT2D eigenvalue weighted by molar-refractivity contribution is -0.870. The lowest BCUT2D eigenvalue weighted by Crippen LogP contribution is -2.45. The Morgan fingerprint density at radius 2 is 1.04 bits per heavy atom. The highest BCUT2D eigenvalue weighted by Crippen LogP contribution is 2.38. The molecule has 0 saturated heterocycles. The summed E-state index contributed by atoms with van der Waals surface area (Å²) in [6.07, 6.45) is 49.9. The monoisotopic (exact) mass is 807 g/mol. The van der Waals surface area contributed by atoms with Crippen molar-refractivity contribution in [3.63, 3.8) is 0 Å². The normalized spacial score (nSPS) is 14.9. The zero-order valence-electron chi connectivity index (χ0n) is 36.8. The summed E-state index contributed by atoms with van der Waals surface area (Å²) >= 11 is 0. The molecule has 0 spiro atoms. The SMILES string of the molecule is CCCCCCCCC/C=C/C/C=C/C/C=C/C/C=C/CCCC(=O)N[C@@H](COP(=O)([O-])OCC[N+](C)(C)C)[C@H](O)/C=C/CCCCCCCCCCCCC. The van der Waals surface area contributed by atoms with E-state index in [1.807, 2.05) is 27.2 Å². The van der Waals surface area contributed by atoms with Crippen molar-refractivity contribution in [1.82, 2.24) is 5.32 Å². The van der Waals surface area contributed by atoms with Crippen molar-refractivity contribution in [2.75, 3.05) is 40.9 Å². The second kappa shape index (κ2) is 38.7. The Bertz CT molecular complexity index is 1100. The van der Waals surface area contributed by atoms with Crippen LogP contribution in [0.2, 0.25) is 0 Å². The Hall–Kier alpha value is -1.80. The maximum Gasteiger partial charge on any atom is 0.268 e. The van der Waals surface area contributed by atoms with Crippen molar-refractivity contribution in [2.45, 2.75) is 193 Å². The van der Waals surface area contributed by atoms with Crippen LogP contribution in [0, 0.1) is 0 Å². The molecule has 0 radical (unpaired) electrons. The minimum absolute atomic E-state index is 0.0135. The Balaban J connectivity index is 4.51. The van der Waals surface area contributed by atoms with Crippen molar-refractivity contribution >= 4 is 13.7 Å². The molecular formula is C47H87N2O6P. The van der Waals surface area contributed by atoms with Gasteiger partial charge in [0.05, 0.1) is 39.9 Å². The Labute approximate surface area is 345 Å². The number of phosphoric acid groups is 1. The fourth-order valence-corrected chi connectivity index (χ4v) is 6.81. The van der Waals surface area contributed by atoms with Crippen molar-refractivity contribution in [3.8, 4) is 0 Å². The van der Waals surface area contributed by atoms with E-state index in [2.05, 4.69) is 67.8 Å². The fourth-order valence-electron chi connectivity index (χ4n) is 6.08. The molecule has 0 bridgehead atoms. The van der Waals surface area contributed by atoms with Gasteiger partial charge in [-0.05, 0) is 57.8 Å². The Morgan fingerprint density at radius 3 is 1.50 bits per heavy atom. The van der Waals surface area contributed by atoms with Gasteiger partial charge in [0, 0.05) is 6.42 Å². The van der Waals surface area contributed by atoms with Gasteiger partial charge in [0.1, 0.15) is 13.2 Å². The van der Waals surface area contributed by atoms with Crippen LogP contribution >= 0.6 is 7.82 Å². The molecule has 0 fully saturated rings. The van der Waals surface area contributed by atoms with E-state index >= 15 is 0 Å². The van der Waals surface area contributed by atoms with Crippen LogP contribution in [0.3, 0.4) is 0 Å². The molecular weight excluding hydrogens is 719 g/mol. The summed E-state index contributed by atoms with van der Waals surface area (Å²) in [5.74, 6) is -0.254. The predicted octanol–water partition coefficient (Wildman–Crippen LogP) is 12.0. The van der Waals surface area contributed by atoms with Crippen molar-refractivity contribution in [2.24, 2.45) is 0 Å². The maximum atomic E-state index is 12.8. The number of carbonyl (C=O) groups excluding carboxylic acids is 1. The Kier molecular flexibility index (Phi) is 37.5. The molecule has 3 atom stereocenters. The van der Waals surface area contributed by atoms with Crippen LogP contribution in [-0.4, -0.2) is 68.5 Å². The van der Waals surface area contributed by atoms with Crippen molar-refractivity contribution < 1.29 is 32.9 Å². The minimum atomic E-state index is -4.60. The van der Waals surface area contributed by atoms with Gasteiger partial charge in [0.2, 0.25) is 5.91 Å². The second-order valence-electron chi connectivity index (χ2n) is 16.4. The highest BCUT2D eigenvalue weighted by molar-refractivity contribution is 7.45. The van der Waals surface area contributed by atoms with E-state index in [-0.39, 0.29) is 18.9 Å². The molecule has 56 heavy (non-hydrogen) atoms. The summed E-state index contributed by atoms with van der Waals surface area (Å²) in [6.45, 7) is 4.58. The highest BCUT2D eigenvalue weighted by atomic mass is 31.2. The number of unbranched alkanes of at least 4 members (excludes halogenated alkanes) is 19. The number of carbonyl (C=O) groups is 1. The molecule has 326 valence electrons. The van der Waals surface area contributed by atoms with Gasteiger partial charge in [-0.15, -0.1) is 0 Å². The van der Waals surface area contributed by atoms with E-state index in [0.29, 0.717) is 17.4 Å². The van der Waals surface area contributed by atoms with Gasteiger partial charge < -0.3 is 28.8 Å². The van der Waals surface area contributed by atoms with E-state index in [4.69, 9.17) is 9.05 Å². The summed E-state index contributed by atoms with van der Waals surface area (Å²) < 4.78 is 23.1. The highest BCUT2D eigenvalue weighted by Gasteiger charge is 2.23. The molecule has 9 heteroatoms. The summed E-state index contributed by atoms with van der Waals surface area (Å²) in [5.41, 5.74) is 0. The second-order valence-corrected chi connectivity index (χ2v) is 17.8. The summed E-state index contributed by atoms with van der Waals surface area (Å²) in [7, 11) is 1.22. The van der Waals surface area contributed by atoms with Crippen LogP contribution in [0.15, 0.2) is 60.8 Å². The van der Waals surface area contributed by atoms with Gasteiger partial charge in [-0.2, -0.15) is 0 Å². The molecule has 0 rings (SSSR count). The fraction of sp³-hybridized carbons (Fsp3) is 0.766. The molecule has 0 aromatic heterocycles. The molecule has 0 aromatic rings. The number of rotatable bonds is 40. The van der Waals surface area contributed by atoms with Crippen molar-refractivity contribution in [1.29, 1.82) is 0 Å². The average molecular weight is 807 g/mol. The first kappa shape index (κ1) is 54.2. The summed E-state index contributed by atoms with van der Waals surface area (Å²) in [6, 6.07) is -0.916. The smallest absolute Gasteiger partial charge is 0.268 e. The third-order valence-corrected chi connectivity index (χ3v) is 10.7. The van der Waals surface area contributed by atoms with Crippen LogP contribution in [0.25, 0.3) is 0 Å². The number of nitrogens with zero attached hydrogens (tertiary/aromatic N) is 1. The first-order chi connectivity index (χ1) is 27.0. The third-order valence-electron chi connectivity index (χ3n) is 9.72. The van der Waals surface area contributed by atoms with Gasteiger partial charge in [0.25, 0.3) is 7.82 Å². The predicted molar refractivity (Wildman–Crippen MR) is 237 cm³/mol. The molecule has 0 aliphatic carbocycles. The van der Waals surface area contributed by atoms with Crippen LogP contribution < -0.4 is 10.2 Å². The first-order valence-electron chi connectivity index (χ1n) is 22.7. The quantitative estimate of drug-likeness (QED) is 0.0276. The number of hydrogen-bond acceptors (Lipinski definition) is 6. The van der Waals surface area contributed by atoms with E-state index in [1.54, 1.807) is 6.08 Å². The van der Waals surface area contributed by atoms with Crippen LogP contribution in [0.4, 0.5) is 0 Å². The number of quaternary nitrogens is 1. The van der Waals surface area contributed by atoms with E-state index in [1.165, 1.54) is 109 Å². The van der Waals surface area contributed by atoms with Gasteiger partial charge in [0.15, 0.2) is 0 Å². The molecule has 0 aromatic carbocycles. The topological polar surface area (TPSA) is 108 Å². The maximum absolute atomic E-state index is 12.8. The standard InChI is InChI=1S/C47H87N2O6P/c1-6-8-10-12-14-16-18-20-21-22-23-24-25-26-27-29-31-33-35-37-39-41-47(51)48-45(44-55-56(52,53)54-43-42-49(3,4)5)46(50)40-38-36-34-32-30-28-19-17-15-13-11-9-7-2/h21-22,24-25,27,29,33,35,38,40,45-46,50H,6-20,23,26,28,30-32,34,36-37,39,41-44H2,1-5H3,(H-,48,51,52,53)/b22-21+,25-24+,29-27+,35-33+,40-38+/t45-,46+/m0/s1. The number of aliphatic hydroxyl groups is 1. The molecule has 0 aliphatic rings. The van der Waals surface area contributed by atoms with Crippen LogP contribution in [-0.2, 0) is 18.4 Å². The number of aliphatic hydroxyl groups excluding tert-OH is 1. The molecule has 1 unspecified atom stereocenters. The summed E-state index contributed by atoms with van der Waals surface area (Å²) in [5, 5.41) is 13.7. The first-order valence-corrected chi connectivity index (χ1v) is 24.1. The lowest BCUT2D eigenvalue weighted by Gasteiger charge is -2.29. The average Bonchev–Trinajstić information content (AvgIpc) is 3.15. The van der Waals surface area contributed by atoms with E-state index in [9.17, 15) is 19.4 Å². The van der Waals surface area contributed by atoms with Gasteiger partial charge >= 0.3 is 0 Å². The van der Waals surface area contributed by atoms with Crippen LogP contribution in [0.5, 0.6) is 0 Å². The molecule has 0 heterocycles. The zero-order valence-corrected chi connectivity index (χ0v) is 37.7. The number of hydrogen-bond donors (Lipinski definition) is 2. The molecule has 8 nitrogen and oxygen atoms in total. The number of allylic oxidation sites excluding steroid dienone is 9. The molecule has 1 amide bonds. The Morgan fingerprint density at radius 1 is 0.625 bits per heavy atom. The summed E-state index contributed by atoms with van der Waals surface area (Å²) in [4.78, 5) is 25.3. The largest absolute Gasteiger partial charge is 0.756 e. The number of likely N-dealkylation sites (N-methyl/N-ethyl adjacent to an activating group) is 1. The third kappa shape index (κ3) is 40.4. The van der Waals surface area contributed by atoms with E-state index < -0.39 is 26.6 Å². The number of amides is 1. The molecule has 0 aliphatic heterocycles. The number of nitrogens with one attached hydrogen (secondary N) is 1. The van der Waals surface area contributed by atoms with Crippen LogP contribution in [0.1, 0.15) is 181 Å². The minimum Gasteiger partial charge on any atom is -0.756 e. The van der Waals surface area contributed by atoms with Crippen molar-refractivity contribution in [3.05, 3.63) is 60.8 Å². The van der Waals surface area contributed by atoms with Gasteiger partial charge in [-0.1, -0.05) is 177 Å². The molecule has 0 saturated carbocycles. The number of phosphoric ester groups is 1.